The van der Waals surface area contributed by atoms with E-state index in [4.69, 9.17) is 9.47 Å². The van der Waals surface area contributed by atoms with Crippen molar-refractivity contribution in [1.29, 1.82) is 0 Å². The summed E-state index contributed by atoms with van der Waals surface area (Å²) in [6, 6.07) is -0.877. The van der Waals surface area contributed by atoms with Gasteiger partial charge < -0.3 is 19.5 Å². The maximum absolute atomic E-state index is 12.1. The van der Waals surface area contributed by atoms with Gasteiger partial charge in [0.2, 0.25) is 5.91 Å². The number of hydrogen-bond donors (Lipinski definition) is 2. The number of amides is 1. The highest BCUT2D eigenvalue weighted by molar-refractivity contribution is 7.80. The topological polar surface area (TPSA) is 76.1 Å². The second kappa shape index (κ2) is 5.07. The first kappa shape index (κ1) is 13.6. The zero-order valence-electron chi connectivity index (χ0n) is 10.2. The number of hydrogen-bond acceptors (Lipinski definition) is 5. The van der Waals surface area contributed by atoms with Crippen molar-refractivity contribution in [2.24, 2.45) is 5.92 Å². The third-order valence-corrected chi connectivity index (χ3v) is 3.92. The number of carboxylic acids is 1. The Hall–Kier alpha value is -0.790. The average molecular weight is 275 g/mol. The van der Waals surface area contributed by atoms with E-state index in [1.165, 1.54) is 4.90 Å². The Labute approximate surface area is 111 Å². The number of carboxylic acid groups (broad SMARTS) is 1. The average Bonchev–Trinajstić information content (AvgIpc) is 2.95. The van der Waals surface area contributed by atoms with Crippen LogP contribution in [0.2, 0.25) is 0 Å². The van der Waals surface area contributed by atoms with Gasteiger partial charge in [0, 0.05) is 18.1 Å². The van der Waals surface area contributed by atoms with E-state index in [1.807, 2.05) is 0 Å². The van der Waals surface area contributed by atoms with Crippen LogP contribution in [-0.2, 0) is 19.1 Å². The van der Waals surface area contributed by atoms with Gasteiger partial charge in [-0.1, -0.05) is 6.92 Å². The lowest BCUT2D eigenvalue weighted by atomic mass is 10.1. The molecule has 2 rings (SSSR count). The second-order valence-corrected chi connectivity index (χ2v) is 5.08. The van der Waals surface area contributed by atoms with Crippen molar-refractivity contribution in [3.8, 4) is 0 Å². The van der Waals surface area contributed by atoms with Gasteiger partial charge in [-0.2, -0.15) is 12.6 Å². The minimum Gasteiger partial charge on any atom is -0.480 e. The van der Waals surface area contributed by atoms with Crippen molar-refractivity contribution in [3.05, 3.63) is 0 Å². The lowest BCUT2D eigenvalue weighted by Crippen LogP contribution is -2.44. The molecule has 1 unspecified atom stereocenters. The number of nitrogens with zero attached hydrogens (tertiary/aromatic N) is 1. The molecule has 0 radical (unpaired) electrons. The second-order valence-electron chi connectivity index (χ2n) is 4.72. The van der Waals surface area contributed by atoms with Gasteiger partial charge in [0.15, 0.2) is 5.79 Å². The summed E-state index contributed by atoms with van der Waals surface area (Å²) < 4.78 is 11.0. The zero-order chi connectivity index (χ0) is 13.3. The molecule has 18 heavy (non-hydrogen) atoms. The summed E-state index contributed by atoms with van der Waals surface area (Å²) in [5, 5.41) is 9.21. The first-order valence-electron chi connectivity index (χ1n) is 5.91. The smallest absolute Gasteiger partial charge is 0.326 e. The third-order valence-electron chi connectivity index (χ3n) is 3.37. The largest absolute Gasteiger partial charge is 0.480 e. The summed E-state index contributed by atoms with van der Waals surface area (Å²) in [4.78, 5) is 24.7. The Balaban J connectivity index is 2.17. The van der Waals surface area contributed by atoms with Crippen LogP contribution in [-0.4, -0.2) is 59.2 Å². The molecule has 0 aromatic carbocycles. The summed E-state index contributed by atoms with van der Waals surface area (Å²) in [6.45, 7) is 2.80. The number of thiol groups is 1. The molecule has 102 valence electrons. The van der Waals surface area contributed by atoms with Gasteiger partial charge in [-0.25, -0.2) is 4.79 Å². The molecule has 0 aliphatic carbocycles. The van der Waals surface area contributed by atoms with Crippen molar-refractivity contribution in [1.82, 2.24) is 4.90 Å². The highest BCUT2D eigenvalue weighted by atomic mass is 32.1. The van der Waals surface area contributed by atoms with Crippen molar-refractivity contribution < 1.29 is 24.2 Å². The van der Waals surface area contributed by atoms with E-state index in [-0.39, 0.29) is 24.8 Å². The van der Waals surface area contributed by atoms with E-state index in [1.54, 1.807) is 6.92 Å². The lowest BCUT2D eigenvalue weighted by Gasteiger charge is -2.25. The van der Waals surface area contributed by atoms with Crippen LogP contribution >= 0.6 is 12.6 Å². The van der Waals surface area contributed by atoms with E-state index >= 15 is 0 Å². The SMILES string of the molecule is CC(CS)C(=O)N1CC2(C[C@H]1C(=O)O)OCCO2. The van der Waals surface area contributed by atoms with E-state index in [9.17, 15) is 14.7 Å². The van der Waals surface area contributed by atoms with Gasteiger partial charge in [0.1, 0.15) is 6.04 Å². The fourth-order valence-corrected chi connectivity index (χ4v) is 2.51. The summed E-state index contributed by atoms with van der Waals surface area (Å²) >= 11 is 4.07. The van der Waals surface area contributed by atoms with E-state index in [2.05, 4.69) is 12.6 Å². The predicted molar refractivity (Wildman–Crippen MR) is 65.4 cm³/mol. The Kier molecular flexibility index (Phi) is 3.84. The first-order valence-corrected chi connectivity index (χ1v) is 6.54. The maximum Gasteiger partial charge on any atom is 0.326 e. The van der Waals surface area contributed by atoms with Crippen molar-refractivity contribution >= 4 is 24.5 Å². The maximum atomic E-state index is 12.1. The molecule has 1 amide bonds. The van der Waals surface area contributed by atoms with Crippen molar-refractivity contribution in [3.63, 3.8) is 0 Å². The van der Waals surface area contributed by atoms with E-state index in [0.29, 0.717) is 19.0 Å². The van der Waals surface area contributed by atoms with Crippen LogP contribution in [0.4, 0.5) is 0 Å². The number of carbonyl (C=O) groups excluding carboxylic acids is 1. The molecular formula is C11H17NO5S. The lowest BCUT2D eigenvalue weighted by molar-refractivity contribution is -0.153. The number of carbonyl (C=O) groups is 2. The van der Waals surface area contributed by atoms with Gasteiger partial charge in [0.25, 0.3) is 0 Å². The molecule has 2 saturated heterocycles. The number of aliphatic carboxylic acids is 1. The zero-order valence-corrected chi connectivity index (χ0v) is 11.1. The van der Waals surface area contributed by atoms with Crippen molar-refractivity contribution in [2.45, 2.75) is 25.2 Å². The van der Waals surface area contributed by atoms with Crippen molar-refractivity contribution in [2.75, 3.05) is 25.5 Å². The molecule has 2 aliphatic rings. The molecule has 7 heteroatoms. The summed E-state index contributed by atoms with van der Waals surface area (Å²) in [6.07, 6.45) is 0.188. The molecule has 2 heterocycles. The van der Waals surface area contributed by atoms with Gasteiger partial charge >= 0.3 is 5.97 Å². The Morgan fingerprint density at radius 1 is 1.50 bits per heavy atom. The molecule has 0 aromatic heterocycles. The number of likely N-dealkylation sites (tertiary alicyclic amines) is 1. The van der Waals surface area contributed by atoms with Crippen LogP contribution in [0.25, 0.3) is 0 Å². The van der Waals surface area contributed by atoms with Gasteiger partial charge in [-0.05, 0) is 0 Å². The van der Waals surface area contributed by atoms with Crippen LogP contribution in [0.1, 0.15) is 13.3 Å². The van der Waals surface area contributed by atoms with Crippen LogP contribution in [0, 0.1) is 5.92 Å². The Morgan fingerprint density at radius 3 is 2.61 bits per heavy atom. The van der Waals surface area contributed by atoms with Gasteiger partial charge in [-0.15, -0.1) is 0 Å². The van der Waals surface area contributed by atoms with Gasteiger partial charge in [0.05, 0.1) is 19.8 Å². The highest BCUT2D eigenvalue weighted by Crippen LogP contribution is 2.35. The monoisotopic (exact) mass is 275 g/mol. The normalized spacial score (nSPS) is 27.7. The Morgan fingerprint density at radius 2 is 2.11 bits per heavy atom. The molecule has 2 atom stereocenters. The standard InChI is InChI=1S/C11H17NO5S/c1-7(5-18)9(13)12-6-11(16-2-3-17-11)4-8(12)10(14)15/h7-8,18H,2-6H2,1H3,(H,14,15)/t7?,8-/m0/s1. The minimum absolute atomic E-state index is 0.181. The molecule has 6 nitrogen and oxygen atoms in total. The molecule has 0 bridgehead atoms. The van der Waals surface area contributed by atoms with E-state index < -0.39 is 17.8 Å². The van der Waals surface area contributed by atoms with Crippen LogP contribution in [0.5, 0.6) is 0 Å². The fraction of sp³-hybridized carbons (Fsp3) is 0.818. The summed E-state index contributed by atoms with van der Waals surface area (Å²) in [5.74, 6) is -2.09. The molecule has 0 saturated carbocycles. The van der Waals surface area contributed by atoms with Crippen LogP contribution < -0.4 is 0 Å². The van der Waals surface area contributed by atoms with Crippen LogP contribution in [0.3, 0.4) is 0 Å². The molecule has 0 aromatic rings. The highest BCUT2D eigenvalue weighted by Gasteiger charge is 2.53. The molecule has 2 fully saturated rings. The molecule has 1 spiro atoms. The predicted octanol–water partition coefficient (Wildman–Crippen LogP) is -0.0191. The summed E-state index contributed by atoms with van der Waals surface area (Å²) in [5.41, 5.74) is 0. The third kappa shape index (κ3) is 2.34. The first-order chi connectivity index (χ1) is 8.49. The number of ether oxygens (including phenoxy) is 2. The van der Waals surface area contributed by atoms with E-state index in [0.717, 1.165) is 0 Å². The fourth-order valence-electron chi connectivity index (χ4n) is 2.36. The molecule has 2 aliphatic heterocycles. The quantitative estimate of drug-likeness (QED) is 0.708. The Bertz CT molecular complexity index is 355. The molecular weight excluding hydrogens is 258 g/mol. The minimum atomic E-state index is -1.02. The summed E-state index contributed by atoms with van der Waals surface area (Å²) in [7, 11) is 0. The molecule has 1 N–H and O–H groups in total. The van der Waals surface area contributed by atoms with Gasteiger partial charge in [-0.3, -0.25) is 4.79 Å². The number of rotatable bonds is 3. The van der Waals surface area contributed by atoms with Crippen LogP contribution in [0.15, 0.2) is 0 Å².